The molecule has 0 bridgehead atoms. The van der Waals surface area contributed by atoms with E-state index in [-0.39, 0.29) is 5.91 Å². The van der Waals surface area contributed by atoms with Gasteiger partial charge >= 0.3 is 0 Å². The molecule has 0 unspecified atom stereocenters. The van der Waals surface area contributed by atoms with Crippen molar-refractivity contribution in [3.63, 3.8) is 0 Å². The molecule has 5 nitrogen and oxygen atoms in total. The van der Waals surface area contributed by atoms with Crippen LogP contribution in [-0.4, -0.2) is 53.9 Å². The van der Waals surface area contributed by atoms with Crippen LogP contribution in [-0.2, 0) is 11.3 Å². The van der Waals surface area contributed by atoms with Gasteiger partial charge in [-0.3, -0.25) is 9.69 Å². The molecule has 1 amide bonds. The van der Waals surface area contributed by atoms with Crippen LogP contribution in [0, 0.1) is 0 Å². The summed E-state index contributed by atoms with van der Waals surface area (Å²) in [4.78, 5) is 20.4. The van der Waals surface area contributed by atoms with Gasteiger partial charge in [-0.1, -0.05) is 13.0 Å². The van der Waals surface area contributed by atoms with E-state index in [0.29, 0.717) is 13.1 Å². The van der Waals surface area contributed by atoms with E-state index >= 15 is 0 Å². The third kappa shape index (κ3) is 5.71. The van der Waals surface area contributed by atoms with Gasteiger partial charge in [-0.15, -0.1) is 0 Å². The average Bonchev–Trinajstić information content (AvgIpc) is 2.47. The highest BCUT2D eigenvalue weighted by atomic mass is 16.2. The van der Waals surface area contributed by atoms with E-state index in [4.69, 9.17) is 0 Å². The summed E-state index contributed by atoms with van der Waals surface area (Å²) in [7, 11) is 1.97. The molecule has 0 aromatic carbocycles. The first-order valence-electron chi connectivity index (χ1n) is 7.76. The van der Waals surface area contributed by atoms with Crippen molar-refractivity contribution in [3.8, 4) is 0 Å². The Balaban J connectivity index is 2.62. The lowest BCUT2D eigenvalue weighted by Crippen LogP contribution is -2.38. The van der Waals surface area contributed by atoms with E-state index in [2.05, 4.69) is 23.3 Å². The molecule has 5 heteroatoms. The largest absolute Gasteiger partial charge is 0.370 e. The van der Waals surface area contributed by atoms with Gasteiger partial charge in [0, 0.05) is 37.9 Å². The number of aromatic nitrogens is 1. The monoisotopic (exact) mass is 292 g/mol. The number of amides is 1. The van der Waals surface area contributed by atoms with Crippen LogP contribution in [0.3, 0.4) is 0 Å². The Bertz CT molecular complexity index is 432. The molecule has 1 N–H and O–H groups in total. The number of nitrogens with zero attached hydrogens (tertiary/aromatic N) is 3. The van der Waals surface area contributed by atoms with Crippen molar-refractivity contribution in [3.05, 3.63) is 23.9 Å². The lowest BCUT2D eigenvalue weighted by atomic mass is 10.2. The average molecular weight is 292 g/mol. The number of nitrogens with one attached hydrogen (secondary N) is 1. The summed E-state index contributed by atoms with van der Waals surface area (Å²) >= 11 is 0. The molecule has 21 heavy (non-hydrogen) atoms. The van der Waals surface area contributed by atoms with Gasteiger partial charge in [0.25, 0.3) is 0 Å². The summed E-state index contributed by atoms with van der Waals surface area (Å²) in [6.45, 7) is 9.73. The molecule has 0 radical (unpaired) electrons. The van der Waals surface area contributed by atoms with Gasteiger partial charge in [-0.2, -0.15) is 0 Å². The molecular weight excluding hydrogens is 264 g/mol. The maximum Gasteiger partial charge on any atom is 0.236 e. The fourth-order valence-corrected chi connectivity index (χ4v) is 2.22. The van der Waals surface area contributed by atoms with E-state index in [1.807, 2.05) is 36.8 Å². The fraction of sp³-hybridized carbons (Fsp3) is 0.625. The maximum absolute atomic E-state index is 12.1. The van der Waals surface area contributed by atoms with E-state index in [1.54, 1.807) is 6.20 Å². The maximum atomic E-state index is 12.1. The summed E-state index contributed by atoms with van der Waals surface area (Å²) in [6, 6.07) is 4.00. The van der Waals surface area contributed by atoms with Crippen molar-refractivity contribution < 1.29 is 4.79 Å². The van der Waals surface area contributed by atoms with Crippen molar-refractivity contribution in [1.29, 1.82) is 0 Å². The molecule has 0 atom stereocenters. The van der Waals surface area contributed by atoms with Crippen LogP contribution < -0.4 is 5.32 Å². The molecule has 0 fully saturated rings. The molecule has 0 aliphatic rings. The van der Waals surface area contributed by atoms with Crippen molar-refractivity contribution in [2.45, 2.75) is 33.7 Å². The normalized spacial score (nSPS) is 10.7. The minimum atomic E-state index is 0.175. The lowest BCUT2D eigenvalue weighted by molar-refractivity contribution is -0.131. The topological polar surface area (TPSA) is 48.5 Å². The van der Waals surface area contributed by atoms with Crippen LogP contribution in [0.5, 0.6) is 0 Å². The Hall–Kier alpha value is -1.62. The van der Waals surface area contributed by atoms with E-state index in [0.717, 1.165) is 37.4 Å². The number of likely N-dealkylation sites (N-methyl/N-ethyl adjacent to an activating group) is 2. The molecular formula is C16H28N4O. The Morgan fingerprint density at radius 1 is 1.29 bits per heavy atom. The third-order valence-electron chi connectivity index (χ3n) is 3.40. The molecule has 0 saturated heterocycles. The molecule has 1 rings (SSSR count). The molecule has 1 heterocycles. The van der Waals surface area contributed by atoms with Crippen molar-refractivity contribution in [2.75, 3.05) is 38.5 Å². The van der Waals surface area contributed by atoms with Gasteiger partial charge in [-0.25, -0.2) is 4.98 Å². The SMILES string of the molecule is CCCNc1ncccc1CN(C)CC(=O)N(CC)CC. The summed E-state index contributed by atoms with van der Waals surface area (Å²) in [5.74, 6) is 1.09. The van der Waals surface area contributed by atoms with Gasteiger partial charge in [0.05, 0.1) is 6.54 Å². The molecule has 0 spiro atoms. The van der Waals surface area contributed by atoms with E-state index in [9.17, 15) is 4.79 Å². The predicted molar refractivity (Wildman–Crippen MR) is 87.3 cm³/mol. The summed E-state index contributed by atoms with van der Waals surface area (Å²) in [5, 5.41) is 3.33. The van der Waals surface area contributed by atoms with Crippen LogP contribution in [0.2, 0.25) is 0 Å². The fourth-order valence-electron chi connectivity index (χ4n) is 2.22. The zero-order valence-corrected chi connectivity index (χ0v) is 13.7. The van der Waals surface area contributed by atoms with Gasteiger partial charge in [0.2, 0.25) is 5.91 Å². The van der Waals surface area contributed by atoms with Gasteiger partial charge < -0.3 is 10.2 Å². The first-order chi connectivity index (χ1) is 10.1. The highest BCUT2D eigenvalue weighted by Crippen LogP contribution is 2.13. The molecule has 1 aromatic rings. The van der Waals surface area contributed by atoms with Crippen LogP contribution in [0.4, 0.5) is 5.82 Å². The Morgan fingerprint density at radius 3 is 2.62 bits per heavy atom. The summed E-state index contributed by atoms with van der Waals surface area (Å²) < 4.78 is 0. The molecule has 0 saturated carbocycles. The van der Waals surface area contributed by atoms with Crippen molar-refractivity contribution >= 4 is 11.7 Å². The standard InChI is InChI=1S/C16H28N4O/c1-5-10-17-16-14(9-8-11-18-16)12-19(4)13-15(21)20(6-2)7-3/h8-9,11H,5-7,10,12-13H2,1-4H3,(H,17,18). The predicted octanol–water partition coefficient (Wildman–Crippen LogP) is 2.20. The van der Waals surface area contributed by atoms with Crippen molar-refractivity contribution in [1.82, 2.24) is 14.8 Å². The molecule has 0 aliphatic heterocycles. The van der Waals surface area contributed by atoms with Crippen LogP contribution in [0.25, 0.3) is 0 Å². The highest BCUT2D eigenvalue weighted by molar-refractivity contribution is 5.78. The van der Waals surface area contributed by atoms with Crippen LogP contribution in [0.1, 0.15) is 32.8 Å². The molecule has 1 aromatic heterocycles. The van der Waals surface area contributed by atoms with Gasteiger partial charge in [0.1, 0.15) is 5.82 Å². The lowest BCUT2D eigenvalue weighted by Gasteiger charge is -2.23. The number of rotatable bonds is 9. The second-order valence-electron chi connectivity index (χ2n) is 5.18. The smallest absolute Gasteiger partial charge is 0.236 e. The quantitative estimate of drug-likeness (QED) is 0.758. The number of anilines is 1. The Labute approximate surface area is 128 Å². The van der Waals surface area contributed by atoms with Crippen LogP contribution in [0.15, 0.2) is 18.3 Å². The van der Waals surface area contributed by atoms with Gasteiger partial charge in [-0.05, 0) is 33.4 Å². The minimum absolute atomic E-state index is 0.175. The van der Waals surface area contributed by atoms with Gasteiger partial charge in [0.15, 0.2) is 0 Å². The highest BCUT2D eigenvalue weighted by Gasteiger charge is 2.13. The van der Waals surface area contributed by atoms with E-state index < -0.39 is 0 Å². The second kappa shape index (κ2) is 9.34. The number of carbonyl (C=O) groups is 1. The van der Waals surface area contributed by atoms with E-state index in [1.165, 1.54) is 0 Å². The number of hydrogen-bond acceptors (Lipinski definition) is 4. The number of carbonyl (C=O) groups excluding carboxylic acids is 1. The zero-order chi connectivity index (χ0) is 15.7. The number of hydrogen-bond donors (Lipinski definition) is 1. The zero-order valence-electron chi connectivity index (χ0n) is 13.7. The summed E-state index contributed by atoms with van der Waals surface area (Å²) in [5.41, 5.74) is 1.13. The molecule has 118 valence electrons. The molecule has 0 aliphatic carbocycles. The number of pyridine rings is 1. The first kappa shape index (κ1) is 17.4. The third-order valence-corrected chi connectivity index (χ3v) is 3.40. The van der Waals surface area contributed by atoms with Crippen LogP contribution >= 0.6 is 0 Å². The first-order valence-corrected chi connectivity index (χ1v) is 7.76. The Kier molecular flexibility index (Phi) is 7.75. The Morgan fingerprint density at radius 2 is 2.00 bits per heavy atom. The summed E-state index contributed by atoms with van der Waals surface area (Å²) in [6.07, 6.45) is 2.86. The van der Waals surface area contributed by atoms with Crippen molar-refractivity contribution in [2.24, 2.45) is 0 Å². The minimum Gasteiger partial charge on any atom is -0.370 e. The second-order valence-corrected chi connectivity index (χ2v) is 5.18.